The second kappa shape index (κ2) is 8.86. The standard InChI is InChI=1S/C13H18O3.CH4S/c1-5-15-13-9(2)6-12(7-10(13)3)8-16-11(4)14;1-2/h6-7H,5,8H2,1-4H3;2H,1H3. The average molecular weight is 270 g/mol. The van der Waals surface area contributed by atoms with Crippen LogP contribution >= 0.6 is 12.6 Å². The maximum atomic E-state index is 10.7. The lowest BCUT2D eigenvalue weighted by atomic mass is 10.1. The zero-order valence-electron chi connectivity index (χ0n) is 11.7. The third-order valence-electron chi connectivity index (χ3n) is 2.25. The summed E-state index contributed by atoms with van der Waals surface area (Å²) in [5, 5.41) is 0. The third-order valence-corrected chi connectivity index (χ3v) is 2.25. The Morgan fingerprint density at radius 3 is 2.11 bits per heavy atom. The van der Waals surface area contributed by atoms with E-state index >= 15 is 0 Å². The minimum atomic E-state index is -0.260. The van der Waals surface area contributed by atoms with Gasteiger partial charge in [0.15, 0.2) is 0 Å². The number of esters is 1. The summed E-state index contributed by atoms with van der Waals surface area (Å²) in [5.41, 5.74) is 3.14. The third kappa shape index (κ3) is 5.45. The van der Waals surface area contributed by atoms with Crippen LogP contribution in [0.2, 0.25) is 0 Å². The summed E-state index contributed by atoms with van der Waals surface area (Å²) in [6, 6.07) is 3.97. The molecule has 1 aromatic rings. The number of ether oxygens (including phenoxy) is 2. The van der Waals surface area contributed by atoms with E-state index in [9.17, 15) is 4.79 Å². The fourth-order valence-corrected chi connectivity index (χ4v) is 1.68. The molecular formula is C14H22O3S. The fraction of sp³-hybridized carbons (Fsp3) is 0.500. The molecule has 0 saturated carbocycles. The second-order valence-electron chi connectivity index (χ2n) is 3.77. The summed E-state index contributed by atoms with van der Waals surface area (Å²) < 4.78 is 10.5. The molecule has 4 heteroatoms. The van der Waals surface area contributed by atoms with Gasteiger partial charge in [0.2, 0.25) is 0 Å². The predicted octanol–water partition coefficient (Wildman–Crippen LogP) is 3.31. The first kappa shape index (κ1) is 16.8. The van der Waals surface area contributed by atoms with Crippen molar-refractivity contribution in [2.75, 3.05) is 12.9 Å². The summed E-state index contributed by atoms with van der Waals surface area (Å²) in [6.07, 6.45) is 1.69. The lowest BCUT2D eigenvalue weighted by molar-refractivity contribution is -0.142. The van der Waals surface area contributed by atoms with E-state index in [1.165, 1.54) is 6.92 Å². The Balaban J connectivity index is 0.00000137. The van der Waals surface area contributed by atoms with Gasteiger partial charge in [-0.2, -0.15) is 12.6 Å². The molecule has 3 nitrogen and oxygen atoms in total. The van der Waals surface area contributed by atoms with Crippen molar-refractivity contribution in [2.24, 2.45) is 0 Å². The molecule has 0 radical (unpaired) electrons. The summed E-state index contributed by atoms with van der Waals surface area (Å²) in [6.45, 7) is 8.35. The maximum absolute atomic E-state index is 10.7. The molecule has 0 saturated heterocycles. The van der Waals surface area contributed by atoms with E-state index < -0.39 is 0 Å². The Morgan fingerprint density at radius 1 is 1.22 bits per heavy atom. The van der Waals surface area contributed by atoms with Gasteiger partial charge in [-0.25, -0.2) is 0 Å². The Morgan fingerprint density at radius 2 is 1.72 bits per heavy atom. The van der Waals surface area contributed by atoms with E-state index in [1.807, 2.05) is 32.9 Å². The van der Waals surface area contributed by atoms with E-state index in [1.54, 1.807) is 6.26 Å². The van der Waals surface area contributed by atoms with Crippen molar-refractivity contribution >= 4 is 18.6 Å². The van der Waals surface area contributed by atoms with Gasteiger partial charge in [0.05, 0.1) is 6.61 Å². The highest BCUT2D eigenvalue weighted by molar-refractivity contribution is 7.79. The quantitative estimate of drug-likeness (QED) is 0.673. The van der Waals surface area contributed by atoms with Crippen LogP contribution in [0.1, 0.15) is 30.5 Å². The molecule has 0 aromatic heterocycles. The minimum Gasteiger partial charge on any atom is -0.493 e. The number of thiol groups is 1. The normalized spacial score (nSPS) is 9.22. The largest absolute Gasteiger partial charge is 0.493 e. The molecule has 0 aliphatic rings. The van der Waals surface area contributed by atoms with Crippen molar-refractivity contribution in [3.05, 3.63) is 28.8 Å². The van der Waals surface area contributed by atoms with Crippen molar-refractivity contribution in [1.29, 1.82) is 0 Å². The Kier molecular flexibility index (Phi) is 8.29. The molecule has 0 N–H and O–H groups in total. The van der Waals surface area contributed by atoms with Crippen LogP contribution in [-0.2, 0) is 16.1 Å². The Labute approximate surface area is 115 Å². The van der Waals surface area contributed by atoms with Crippen LogP contribution in [0, 0.1) is 13.8 Å². The molecule has 1 rings (SSSR count). The molecule has 0 atom stereocenters. The van der Waals surface area contributed by atoms with Gasteiger partial charge in [-0.05, 0) is 55.9 Å². The highest BCUT2D eigenvalue weighted by Crippen LogP contribution is 2.25. The monoisotopic (exact) mass is 270 g/mol. The zero-order valence-corrected chi connectivity index (χ0v) is 12.6. The average Bonchev–Trinajstić information content (AvgIpc) is 2.34. The molecular weight excluding hydrogens is 248 g/mol. The Hall–Kier alpha value is -1.16. The number of hydrogen-bond acceptors (Lipinski definition) is 4. The molecule has 0 aliphatic carbocycles. The van der Waals surface area contributed by atoms with Crippen molar-refractivity contribution in [2.45, 2.75) is 34.3 Å². The maximum Gasteiger partial charge on any atom is 0.302 e. The first-order valence-electron chi connectivity index (χ1n) is 5.85. The van der Waals surface area contributed by atoms with Gasteiger partial charge in [0.1, 0.15) is 12.4 Å². The highest BCUT2D eigenvalue weighted by Gasteiger charge is 2.06. The molecule has 102 valence electrons. The van der Waals surface area contributed by atoms with Crippen molar-refractivity contribution in [3.63, 3.8) is 0 Å². The summed E-state index contributed by atoms with van der Waals surface area (Å²) in [5.74, 6) is 0.665. The van der Waals surface area contributed by atoms with E-state index in [0.29, 0.717) is 13.2 Å². The number of benzene rings is 1. The van der Waals surface area contributed by atoms with Gasteiger partial charge in [-0.3, -0.25) is 4.79 Å². The topological polar surface area (TPSA) is 35.5 Å². The highest BCUT2D eigenvalue weighted by atomic mass is 32.1. The number of carbonyl (C=O) groups excluding carboxylic acids is 1. The van der Waals surface area contributed by atoms with Gasteiger partial charge >= 0.3 is 5.97 Å². The SMILES string of the molecule is CCOc1c(C)cc(COC(C)=O)cc1C.CS. The zero-order chi connectivity index (χ0) is 14.1. The molecule has 0 spiro atoms. The van der Waals surface area contributed by atoms with Crippen molar-refractivity contribution in [1.82, 2.24) is 0 Å². The molecule has 0 unspecified atom stereocenters. The molecule has 18 heavy (non-hydrogen) atoms. The van der Waals surface area contributed by atoms with Gasteiger partial charge < -0.3 is 9.47 Å². The lowest BCUT2D eigenvalue weighted by Crippen LogP contribution is -2.02. The molecule has 1 aromatic carbocycles. The number of carbonyl (C=O) groups is 1. The van der Waals surface area contributed by atoms with Crippen LogP contribution < -0.4 is 4.74 Å². The van der Waals surface area contributed by atoms with Crippen LogP contribution in [0.25, 0.3) is 0 Å². The van der Waals surface area contributed by atoms with Crippen LogP contribution in [0.15, 0.2) is 12.1 Å². The van der Waals surface area contributed by atoms with Crippen LogP contribution in [-0.4, -0.2) is 18.8 Å². The van der Waals surface area contributed by atoms with E-state index in [-0.39, 0.29) is 5.97 Å². The fourth-order valence-electron chi connectivity index (χ4n) is 1.68. The van der Waals surface area contributed by atoms with E-state index in [0.717, 1.165) is 22.4 Å². The van der Waals surface area contributed by atoms with E-state index in [2.05, 4.69) is 12.6 Å². The summed E-state index contributed by atoms with van der Waals surface area (Å²) in [4.78, 5) is 10.7. The first-order chi connectivity index (χ1) is 8.54. The van der Waals surface area contributed by atoms with Crippen molar-refractivity contribution in [3.8, 4) is 5.75 Å². The second-order valence-corrected chi connectivity index (χ2v) is 3.77. The number of aryl methyl sites for hydroxylation is 2. The van der Waals surface area contributed by atoms with Gasteiger partial charge in [-0.15, -0.1) is 0 Å². The van der Waals surface area contributed by atoms with Gasteiger partial charge in [-0.1, -0.05) is 0 Å². The smallest absolute Gasteiger partial charge is 0.302 e. The predicted molar refractivity (Wildman–Crippen MR) is 77.5 cm³/mol. The number of rotatable bonds is 4. The molecule has 0 fully saturated rings. The first-order valence-corrected chi connectivity index (χ1v) is 6.75. The summed E-state index contributed by atoms with van der Waals surface area (Å²) >= 11 is 3.53. The molecule has 0 amide bonds. The van der Waals surface area contributed by atoms with Crippen LogP contribution in [0.3, 0.4) is 0 Å². The van der Waals surface area contributed by atoms with Gasteiger partial charge in [0, 0.05) is 6.92 Å². The van der Waals surface area contributed by atoms with E-state index in [4.69, 9.17) is 9.47 Å². The van der Waals surface area contributed by atoms with Gasteiger partial charge in [0.25, 0.3) is 0 Å². The van der Waals surface area contributed by atoms with Crippen LogP contribution in [0.5, 0.6) is 5.75 Å². The molecule has 0 aliphatic heterocycles. The molecule has 0 bridgehead atoms. The molecule has 0 heterocycles. The lowest BCUT2D eigenvalue weighted by Gasteiger charge is -2.12. The summed E-state index contributed by atoms with van der Waals surface area (Å²) in [7, 11) is 0. The Bertz CT molecular complexity index is 366. The van der Waals surface area contributed by atoms with Crippen LogP contribution in [0.4, 0.5) is 0 Å². The number of hydrogen-bond donors (Lipinski definition) is 1. The minimum absolute atomic E-state index is 0.260. The van der Waals surface area contributed by atoms with Crippen molar-refractivity contribution < 1.29 is 14.3 Å².